The number of hydrogen-bond acceptors (Lipinski definition) is 7. The first kappa shape index (κ1) is 20.2. The van der Waals surface area contributed by atoms with E-state index in [1.807, 2.05) is 30.7 Å². The number of anilines is 1. The van der Waals surface area contributed by atoms with Crippen LogP contribution < -0.4 is 5.32 Å². The van der Waals surface area contributed by atoms with Crippen LogP contribution in [0.5, 0.6) is 0 Å². The number of carbonyl (C=O) groups excluding carboxylic acids is 2. The van der Waals surface area contributed by atoms with Crippen molar-refractivity contribution in [3.05, 3.63) is 51.8 Å². The molecule has 1 N–H and O–H groups in total. The molecule has 156 valence electrons. The molecule has 1 saturated carbocycles. The van der Waals surface area contributed by atoms with Crippen LogP contribution in [-0.4, -0.2) is 39.0 Å². The fourth-order valence-electron chi connectivity index (χ4n) is 3.32. The summed E-state index contributed by atoms with van der Waals surface area (Å²) in [6.45, 7) is 3.90. The summed E-state index contributed by atoms with van der Waals surface area (Å²) in [5, 5.41) is 17.1. The third-order valence-corrected chi connectivity index (χ3v) is 6.21. The summed E-state index contributed by atoms with van der Waals surface area (Å²) in [6, 6.07) is 7.23. The zero-order valence-corrected chi connectivity index (χ0v) is 18.0. The van der Waals surface area contributed by atoms with E-state index in [0.29, 0.717) is 29.5 Å². The predicted octanol–water partition coefficient (Wildman–Crippen LogP) is 3.58. The number of ether oxygens (including phenoxy) is 1. The van der Waals surface area contributed by atoms with Crippen LogP contribution in [0.25, 0.3) is 5.69 Å². The molecule has 1 amide bonds. The first-order chi connectivity index (χ1) is 14.5. The minimum atomic E-state index is -0.239. The Labute approximate surface area is 178 Å². The number of aryl methyl sites for hydroxylation is 1. The summed E-state index contributed by atoms with van der Waals surface area (Å²) in [4.78, 5) is 24.0. The molecule has 30 heavy (non-hydrogen) atoms. The molecular weight excluding hydrogens is 402 g/mol. The molecule has 1 fully saturated rings. The van der Waals surface area contributed by atoms with Crippen LogP contribution in [0, 0.1) is 13.8 Å². The van der Waals surface area contributed by atoms with Crippen molar-refractivity contribution in [1.29, 1.82) is 0 Å². The number of carbonyl (C=O) groups is 2. The van der Waals surface area contributed by atoms with Gasteiger partial charge < -0.3 is 4.74 Å². The molecule has 0 radical (unpaired) electrons. The molecule has 0 aliphatic heterocycles. The second kappa shape index (κ2) is 8.35. The van der Waals surface area contributed by atoms with E-state index in [1.165, 1.54) is 18.4 Å². The minimum absolute atomic E-state index is 0.216. The minimum Gasteiger partial charge on any atom is -0.469 e. The van der Waals surface area contributed by atoms with Crippen LogP contribution in [-0.2, 0) is 16.0 Å². The molecule has 0 saturated heterocycles. The number of amides is 1. The van der Waals surface area contributed by atoms with Crippen LogP contribution >= 0.6 is 11.3 Å². The van der Waals surface area contributed by atoms with Crippen molar-refractivity contribution in [3.63, 3.8) is 0 Å². The molecule has 2 heterocycles. The van der Waals surface area contributed by atoms with E-state index in [1.54, 1.807) is 12.1 Å². The summed E-state index contributed by atoms with van der Waals surface area (Å²) >= 11 is 1.44. The van der Waals surface area contributed by atoms with Crippen molar-refractivity contribution in [2.45, 2.75) is 45.4 Å². The van der Waals surface area contributed by atoms with Gasteiger partial charge in [0, 0.05) is 23.6 Å². The Morgan fingerprint density at radius 1 is 1.20 bits per heavy atom. The normalized spacial score (nSPS) is 13.3. The van der Waals surface area contributed by atoms with E-state index in [-0.39, 0.29) is 11.9 Å². The van der Waals surface area contributed by atoms with Crippen molar-refractivity contribution in [3.8, 4) is 5.69 Å². The highest BCUT2D eigenvalue weighted by Gasteiger charge is 2.27. The highest BCUT2D eigenvalue weighted by atomic mass is 32.1. The number of esters is 1. The summed E-state index contributed by atoms with van der Waals surface area (Å²) < 4.78 is 6.56. The first-order valence-electron chi connectivity index (χ1n) is 9.83. The number of nitrogens with zero attached hydrogens (tertiary/aromatic N) is 4. The monoisotopic (exact) mass is 425 g/mol. The molecule has 8 nitrogen and oxygen atoms in total. The molecule has 0 spiro atoms. The average Bonchev–Trinajstić information content (AvgIpc) is 3.43. The molecule has 0 unspecified atom stereocenters. The average molecular weight is 426 g/mol. The molecule has 2 aromatic heterocycles. The molecular formula is C21H23N5O3S. The molecule has 9 heteroatoms. The lowest BCUT2D eigenvalue weighted by atomic mass is 10.1. The van der Waals surface area contributed by atoms with Gasteiger partial charge in [-0.15, -0.1) is 10.2 Å². The van der Waals surface area contributed by atoms with Gasteiger partial charge in [0.15, 0.2) is 0 Å². The maximum absolute atomic E-state index is 12.5. The summed E-state index contributed by atoms with van der Waals surface area (Å²) in [6.07, 6.45) is 3.20. The standard InChI is InChI=1S/C21H23N5O3S/c1-12-17(10-11-18(27)29-3)13(2)26(25-12)16-8-6-14(7-9-16)19(28)22-21-24-23-20(30-21)15-4-5-15/h6-9,15H,4-5,10-11H2,1-3H3,(H,22,24,28). The van der Waals surface area contributed by atoms with Gasteiger partial charge in [-0.3, -0.25) is 14.9 Å². The van der Waals surface area contributed by atoms with Crippen LogP contribution in [0.15, 0.2) is 24.3 Å². The lowest BCUT2D eigenvalue weighted by Gasteiger charge is -2.07. The van der Waals surface area contributed by atoms with Gasteiger partial charge in [-0.25, -0.2) is 4.68 Å². The predicted molar refractivity (Wildman–Crippen MR) is 113 cm³/mol. The largest absolute Gasteiger partial charge is 0.469 e. The van der Waals surface area contributed by atoms with Crippen LogP contribution in [0.2, 0.25) is 0 Å². The smallest absolute Gasteiger partial charge is 0.305 e. The third-order valence-electron chi connectivity index (χ3n) is 5.21. The molecule has 1 aromatic carbocycles. The van der Waals surface area contributed by atoms with Gasteiger partial charge in [0.1, 0.15) is 5.01 Å². The Kier molecular flexibility index (Phi) is 5.63. The van der Waals surface area contributed by atoms with Crippen LogP contribution in [0.1, 0.15) is 57.5 Å². The topological polar surface area (TPSA) is 99.0 Å². The van der Waals surface area contributed by atoms with Gasteiger partial charge in [0.05, 0.1) is 18.5 Å². The Balaban J connectivity index is 1.46. The maximum atomic E-state index is 12.5. The van der Waals surface area contributed by atoms with Crippen molar-refractivity contribution in [2.75, 3.05) is 12.4 Å². The zero-order valence-electron chi connectivity index (χ0n) is 17.1. The molecule has 1 aliphatic carbocycles. The van der Waals surface area contributed by atoms with Crippen molar-refractivity contribution in [2.24, 2.45) is 0 Å². The SMILES string of the molecule is COC(=O)CCc1c(C)nn(-c2ccc(C(=O)Nc3nnc(C4CC4)s3)cc2)c1C. The van der Waals surface area contributed by atoms with E-state index in [2.05, 4.69) is 20.6 Å². The second-order valence-corrected chi connectivity index (χ2v) is 8.37. The lowest BCUT2D eigenvalue weighted by Crippen LogP contribution is -2.12. The van der Waals surface area contributed by atoms with Crippen molar-refractivity contribution in [1.82, 2.24) is 20.0 Å². The van der Waals surface area contributed by atoms with Crippen LogP contribution in [0.3, 0.4) is 0 Å². The van der Waals surface area contributed by atoms with E-state index in [4.69, 9.17) is 4.74 Å². The summed E-state index contributed by atoms with van der Waals surface area (Å²) in [5.74, 6) is 0.0643. The Bertz CT molecular complexity index is 1080. The Morgan fingerprint density at radius 3 is 2.60 bits per heavy atom. The van der Waals surface area contributed by atoms with Crippen molar-refractivity contribution < 1.29 is 14.3 Å². The van der Waals surface area contributed by atoms with Gasteiger partial charge in [-0.2, -0.15) is 5.10 Å². The van der Waals surface area contributed by atoms with Gasteiger partial charge in [-0.1, -0.05) is 11.3 Å². The fraction of sp³-hybridized carbons (Fsp3) is 0.381. The number of aromatic nitrogens is 4. The van der Waals surface area contributed by atoms with E-state index >= 15 is 0 Å². The van der Waals surface area contributed by atoms with Gasteiger partial charge in [0.2, 0.25) is 5.13 Å². The summed E-state index contributed by atoms with van der Waals surface area (Å²) in [7, 11) is 1.39. The lowest BCUT2D eigenvalue weighted by molar-refractivity contribution is -0.140. The van der Waals surface area contributed by atoms with E-state index in [9.17, 15) is 9.59 Å². The highest BCUT2D eigenvalue weighted by Crippen LogP contribution is 2.42. The van der Waals surface area contributed by atoms with E-state index in [0.717, 1.165) is 40.5 Å². The number of benzene rings is 1. The van der Waals surface area contributed by atoms with Gasteiger partial charge in [0.25, 0.3) is 5.91 Å². The molecule has 4 rings (SSSR count). The quantitative estimate of drug-likeness (QED) is 0.581. The molecule has 3 aromatic rings. The van der Waals surface area contributed by atoms with E-state index < -0.39 is 0 Å². The molecule has 0 bridgehead atoms. The number of nitrogens with one attached hydrogen (secondary N) is 1. The van der Waals surface area contributed by atoms with Gasteiger partial charge in [-0.05, 0) is 62.9 Å². The number of hydrogen-bond donors (Lipinski definition) is 1. The van der Waals surface area contributed by atoms with Crippen molar-refractivity contribution >= 4 is 28.3 Å². The number of methoxy groups -OCH3 is 1. The zero-order chi connectivity index (χ0) is 21.3. The second-order valence-electron chi connectivity index (χ2n) is 7.36. The molecule has 0 atom stereocenters. The summed E-state index contributed by atoms with van der Waals surface area (Å²) in [5.41, 5.74) is 4.26. The van der Waals surface area contributed by atoms with Gasteiger partial charge >= 0.3 is 5.97 Å². The first-order valence-corrected chi connectivity index (χ1v) is 10.6. The third kappa shape index (κ3) is 4.25. The number of rotatable bonds is 7. The van der Waals surface area contributed by atoms with Crippen LogP contribution in [0.4, 0.5) is 5.13 Å². The Hall–Kier alpha value is -3.07. The Morgan fingerprint density at radius 2 is 1.93 bits per heavy atom. The highest BCUT2D eigenvalue weighted by molar-refractivity contribution is 7.15. The fourth-order valence-corrected chi connectivity index (χ4v) is 4.23. The molecule has 1 aliphatic rings. The maximum Gasteiger partial charge on any atom is 0.305 e.